The highest BCUT2D eigenvalue weighted by molar-refractivity contribution is 7.88. The predicted molar refractivity (Wildman–Crippen MR) is 136 cm³/mol. The van der Waals surface area contributed by atoms with Crippen molar-refractivity contribution in [2.75, 3.05) is 6.26 Å². The molecule has 3 fully saturated rings. The Balaban J connectivity index is 1.81. The van der Waals surface area contributed by atoms with Gasteiger partial charge in [-0.25, -0.2) is 26.3 Å². The number of fused-ring (bicyclic) bond motifs is 2. The summed E-state index contributed by atoms with van der Waals surface area (Å²) in [7, 11) is -3.97. The van der Waals surface area contributed by atoms with E-state index >= 15 is 8.78 Å². The van der Waals surface area contributed by atoms with E-state index in [1.165, 1.54) is 24.8 Å². The van der Waals surface area contributed by atoms with Gasteiger partial charge in [-0.15, -0.1) is 0 Å². The van der Waals surface area contributed by atoms with Crippen molar-refractivity contribution in [3.8, 4) is 11.1 Å². The van der Waals surface area contributed by atoms with E-state index in [0.29, 0.717) is 10.6 Å². The molecule has 1 amide bonds. The molecule has 12 heteroatoms. The summed E-state index contributed by atoms with van der Waals surface area (Å²) in [5, 5.41) is 0.307. The molecule has 5 rings (SSSR count). The van der Waals surface area contributed by atoms with E-state index in [-0.39, 0.29) is 24.0 Å². The molecule has 2 bridgehead atoms. The van der Waals surface area contributed by atoms with Gasteiger partial charge in [0.2, 0.25) is 10.0 Å². The Morgan fingerprint density at radius 2 is 1.87 bits per heavy atom. The SMILES string of the molecule is CC(=O)OC(C)(C)C(=O)N1C2CC(F)(C2)[C@H](NS(C)(=O)=O)[C@@H]1Cc1cc(F)cc(-c2cccc(Cl)c2)c1F. The lowest BCUT2D eigenvalue weighted by Crippen LogP contribution is -2.78. The summed E-state index contributed by atoms with van der Waals surface area (Å²) in [5.41, 5.74) is -3.64. The average Bonchev–Trinajstić information content (AvgIpc) is 2.75. The molecule has 0 aromatic heterocycles. The monoisotopic (exact) mass is 572 g/mol. The lowest BCUT2D eigenvalue weighted by atomic mass is 9.64. The molecular formula is C26H28ClF3N2O5S. The molecule has 2 aromatic rings. The molecule has 38 heavy (non-hydrogen) atoms. The molecule has 1 aliphatic carbocycles. The van der Waals surface area contributed by atoms with Crippen molar-refractivity contribution in [1.29, 1.82) is 0 Å². The van der Waals surface area contributed by atoms with E-state index in [0.717, 1.165) is 25.3 Å². The van der Waals surface area contributed by atoms with Crippen LogP contribution in [0.3, 0.4) is 0 Å². The number of nitrogens with one attached hydrogen (secondary N) is 1. The highest BCUT2D eigenvalue weighted by atomic mass is 35.5. The smallest absolute Gasteiger partial charge is 0.303 e. The second-order valence-electron chi connectivity index (χ2n) is 10.5. The van der Waals surface area contributed by atoms with Gasteiger partial charge in [0, 0.05) is 36.4 Å². The topological polar surface area (TPSA) is 92.8 Å². The normalized spacial score (nSPS) is 25.1. The first-order valence-electron chi connectivity index (χ1n) is 11.9. The molecular weight excluding hydrogens is 545 g/mol. The molecule has 206 valence electrons. The summed E-state index contributed by atoms with van der Waals surface area (Å²) in [6, 6.07) is 4.76. The van der Waals surface area contributed by atoms with Gasteiger partial charge in [0.25, 0.3) is 5.91 Å². The summed E-state index contributed by atoms with van der Waals surface area (Å²) >= 11 is 6.03. The number of halogens is 4. The van der Waals surface area contributed by atoms with E-state index in [9.17, 15) is 22.4 Å². The fourth-order valence-corrected chi connectivity index (χ4v) is 6.52. The van der Waals surface area contributed by atoms with E-state index < -0.39 is 69.4 Å². The minimum atomic E-state index is -3.97. The van der Waals surface area contributed by atoms with Crippen LogP contribution < -0.4 is 4.72 Å². The number of esters is 1. The summed E-state index contributed by atoms with van der Waals surface area (Å²) in [6.45, 7) is 3.86. The van der Waals surface area contributed by atoms with Crippen molar-refractivity contribution in [3.63, 3.8) is 0 Å². The molecule has 2 atom stereocenters. The quantitative estimate of drug-likeness (QED) is 0.503. The molecule has 0 spiro atoms. The van der Waals surface area contributed by atoms with Crippen molar-refractivity contribution in [3.05, 3.63) is 58.6 Å². The number of hydrogen-bond acceptors (Lipinski definition) is 5. The molecule has 2 aromatic carbocycles. The zero-order valence-electron chi connectivity index (χ0n) is 21.2. The fraction of sp³-hybridized carbons (Fsp3) is 0.462. The lowest BCUT2D eigenvalue weighted by molar-refractivity contribution is -0.189. The minimum Gasteiger partial charge on any atom is -0.450 e. The summed E-state index contributed by atoms with van der Waals surface area (Å²) < 4.78 is 78.3. The first-order valence-corrected chi connectivity index (χ1v) is 14.2. The van der Waals surface area contributed by atoms with Gasteiger partial charge in [0.05, 0.1) is 18.3 Å². The number of rotatable bonds is 7. The molecule has 1 saturated carbocycles. The number of alkyl halides is 1. The lowest BCUT2D eigenvalue weighted by Gasteiger charge is -2.61. The zero-order chi connectivity index (χ0) is 28.2. The minimum absolute atomic E-state index is 0.0934. The van der Waals surface area contributed by atoms with Gasteiger partial charge in [-0.3, -0.25) is 9.59 Å². The molecule has 2 heterocycles. The number of sulfonamides is 1. The molecule has 2 saturated heterocycles. The first-order chi connectivity index (χ1) is 17.5. The van der Waals surface area contributed by atoms with Gasteiger partial charge in [-0.2, -0.15) is 0 Å². The van der Waals surface area contributed by atoms with Crippen LogP contribution in [0.2, 0.25) is 5.02 Å². The van der Waals surface area contributed by atoms with E-state index in [1.807, 2.05) is 0 Å². The highest BCUT2D eigenvalue weighted by Gasteiger charge is 2.64. The number of carbonyl (C=O) groups excluding carboxylic acids is 2. The van der Waals surface area contributed by atoms with Crippen LogP contribution in [0.15, 0.2) is 36.4 Å². The van der Waals surface area contributed by atoms with Crippen molar-refractivity contribution in [2.24, 2.45) is 0 Å². The van der Waals surface area contributed by atoms with Crippen molar-refractivity contribution in [1.82, 2.24) is 9.62 Å². The van der Waals surface area contributed by atoms with Crippen LogP contribution >= 0.6 is 11.6 Å². The standard InChI is InChI=1S/C26H28ClF3N2O5S/c1-14(33)37-25(2,3)24(34)32-19-12-26(30,13-19)23(31-38(4,35)36)21(32)10-16-9-18(28)11-20(22(16)29)15-6-5-7-17(27)8-15/h5-9,11,19,21,23,31H,10,12-13H2,1-4H3/t19?,21-,23+,26?/m0/s1. The van der Waals surface area contributed by atoms with Gasteiger partial charge in [-0.1, -0.05) is 23.7 Å². The number of carbonyl (C=O) groups is 2. The largest absolute Gasteiger partial charge is 0.450 e. The Morgan fingerprint density at radius 3 is 2.45 bits per heavy atom. The summed E-state index contributed by atoms with van der Waals surface area (Å²) in [6.07, 6.45) is 0.136. The second-order valence-corrected chi connectivity index (χ2v) is 12.7. The van der Waals surface area contributed by atoms with Crippen LogP contribution in [-0.2, 0) is 30.8 Å². The number of nitrogens with zero attached hydrogens (tertiary/aromatic N) is 1. The zero-order valence-corrected chi connectivity index (χ0v) is 22.8. The van der Waals surface area contributed by atoms with Gasteiger partial charge >= 0.3 is 5.97 Å². The van der Waals surface area contributed by atoms with Crippen LogP contribution in [0.5, 0.6) is 0 Å². The maximum absolute atomic E-state index is 15.9. The summed E-state index contributed by atoms with van der Waals surface area (Å²) in [5.74, 6) is -3.02. The number of benzene rings is 2. The van der Waals surface area contributed by atoms with E-state index in [1.54, 1.807) is 18.2 Å². The Labute approximate surface area is 224 Å². The van der Waals surface area contributed by atoms with E-state index in [4.69, 9.17) is 16.3 Å². The second kappa shape index (κ2) is 9.84. The number of piperidine rings is 2. The maximum Gasteiger partial charge on any atom is 0.303 e. The van der Waals surface area contributed by atoms with Crippen molar-refractivity contribution >= 4 is 33.5 Å². The van der Waals surface area contributed by atoms with Crippen LogP contribution in [0.1, 0.15) is 39.2 Å². The van der Waals surface area contributed by atoms with Crippen LogP contribution in [0.4, 0.5) is 13.2 Å². The molecule has 7 nitrogen and oxygen atoms in total. The van der Waals surface area contributed by atoms with Gasteiger partial charge in [-0.05, 0) is 55.7 Å². The van der Waals surface area contributed by atoms with Crippen molar-refractivity contribution < 1.29 is 35.9 Å². The maximum atomic E-state index is 15.9. The van der Waals surface area contributed by atoms with Crippen LogP contribution in [0.25, 0.3) is 11.1 Å². The number of amides is 1. The van der Waals surface area contributed by atoms with Gasteiger partial charge < -0.3 is 9.64 Å². The molecule has 1 N–H and O–H groups in total. The van der Waals surface area contributed by atoms with E-state index in [2.05, 4.69) is 4.72 Å². The Bertz CT molecular complexity index is 1400. The third-order valence-corrected chi connectivity index (χ3v) is 7.93. The molecule has 0 radical (unpaired) electrons. The average molecular weight is 573 g/mol. The van der Waals surface area contributed by atoms with Crippen molar-refractivity contribution in [2.45, 2.75) is 69.4 Å². The fourth-order valence-electron chi connectivity index (χ4n) is 5.50. The van der Waals surface area contributed by atoms with Gasteiger partial charge in [0.15, 0.2) is 5.60 Å². The third kappa shape index (κ3) is 5.55. The number of hydrogen-bond donors (Lipinski definition) is 1. The summed E-state index contributed by atoms with van der Waals surface area (Å²) in [4.78, 5) is 26.6. The number of ether oxygens (including phenoxy) is 1. The molecule has 2 aliphatic heterocycles. The Kier molecular flexibility index (Phi) is 7.35. The van der Waals surface area contributed by atoms with Crippen LogP contribution in [-0.4, -0.2) is 60.8 Å². The Morgan fingerprint density at radius 1 is 1.21 bits per heavy atom. The van der Waals surface area contributed by atoms with Crippen LogP contribution in [0, 0.1) is 11.6 Å². The highest BCUT2D eigenvalue weighted by Crippen LogP contribution is 2.51. The first kappa shape index (κ1) is 28.4. The van der Waals surface area contributed by atoms with Gasteiger partial charge in [0.1, 0.15) is 17.3 Å². The molecule has 3 aliphatic rings. The molecule has 0 unspecified atom stereocenters. The predicted octanol–water partition coefficient (Wildman–Crippen LogP) is 4.17. The third-order valence-electron chi connectivity index (χ3n) is 7.01. The Hall–Kier alpha value is -2.63.